The fraction of sp³-hybridized carbons (Fsp3) is 0.308. The second-order valence-electron chi connectivity index (χ2n) is 8.06. The van der Waals surface area contributed by atoms with E-state index in [9.17, 15) is 9.59 Å². The van der Waals surface area contributed by atoms with Gasteiger partial charge in [-0.1, -0.05) is 42.5 Å². The summed E-state index contributed by atoms with van der Waals surface area (Å²) in [7, 11) is 0. The highest BCUT2D eigenvalue weighted by molar-refractivity contribution is 5.94. The summed E-state index contributed by atoms with van der Waals surface area (Å²) in [5.41, 5.74) is 1.65. The monoisotopic (exact) mass is 447 g/mol. The number of rotatable bonds is 9. The van der Waals surface area contributed by atoms with E-state index in [4.69, 9.17) is 8.83 Å². The summed E-state index contributed by atoms with van der Waals surface area (Å²) in [6, 6.07) is 15.5. The summed E-state index contributed by atoms with van der Waals surface area (Å²) >= 11 is 0. The first-order chi connectivity index (χ1) is 16.2. The number of hydrogen-bond acceptors (Lipinski definition) is 5. The number of piperazine rings is 1. The van der Waals surface area contributed by atoms with Crippen molar-refractivity contribution in [2.45, 2.75) is 13.0 Å². The number of benzene rings is 1. The van der Waals surface area contributed by atoms with E-state index >= 15 is 0 Å². The van der Waals surface area contributed by atoms with Crippen molar-refractivity contribution in [2.24, 2.45) is 0 Å². The number of amides is 2. The Labute approximate surface area is 193 Å². The zero-order valence-electron chi connectivity index (χ0n) is 18.6. The lowest BCUT2D eigenvalue weighted by Crippen LogP contribution is -2.49. The SMILES string of the molecule is O=C(CCN(Cc1ccco1)C(=O)c1ccoc1)N1CCN(CC=Cc2ccccc2)CC1. The van der Waals surface area contributed by atoms with Crippen LogP contribution in [0.4, 0.5) is 0 Å². The van der Waals surface area contributed by atoms with Gasteiger partial charge >= 0.3 is 0 Å². The standard InChI is InChI=1S/C26H29N3O4/c30-25(28-16-14-27(15-17-28)12-4-8-22-6-2-1-3-7-22)10-13-29(20-24-9-5-18-33-24)26(31)23-11-19-32-21-23/h1-9,11,18-19,21H,10,12-17,20H2. The number of nitrogens with zero attached hydrogens (tertiary/aromatic N) is 3. The van der Waals surface area contributed by atoms with E-state index in [2.05, 4.69) is 29.2 Å². The normalized spacial score (nSPS) is 14.6. The minimum absolute atomic E-state index is 0.0684. The molecule has 1 fully saturated rings. The van der Waals surface area contributed by atoms with Crippen molar-refractivity contribution in [3.05, 3.63) is 90.3 Å². The van der Waals surface area contributed by atoms with Crippen LogP contribution in [0, 0.1) is 0 Å². The maximum absolute atomic E-state index is 12.9. The molecule has 0 unspecified atom stereocenters. The van der Waals surface area contributed by atoms with Gasteiger partial charge in [-0.25, -0.2) is 0 Å². The van der Waals surface area contributed by atoms with E-state index in [0.29, 0.717) is 37.5 Å². The molecule has 2 aromatic heterocycles. The van der Waals surface area contributed by atoms with Crippen molar-refractivity contribution >= 4 is 17.9 Å². The average molecular weight is 448 g/mol. The molecule has 4 rings (SSSR count). The van der Waals surface area contributed by atoms with Gasteiger partial charge in [-0.15, -0.1) is 0 Å². The van der Waals surface area contributed by atoms with Crippen LogP contribution in [0.1, 0.15) is 28.1 Å². The minimum Gasteiger partial charge on any atom is -0.472 e. The summed E-state index contributed by atoms with van der Waals surface area (Å²) in [5, 5.41) is 0. The highest BCUT2D eigenvalue weighted by Gasteiger charge is 2.23. The minimum atomic E-state index is -0.178. The molecular formula is C26H29N3O4. The number of carbonyl (C=O) groups excluding carboxylic acids is 2. The van der Waals surface area contributed by atoms with Crippen LogP contribution in [0.15, 0.2) is 82.2 Å². The Morgan fingerprint density at radius 3 is 2.48 bits per heavy atom. The summed E-state index contributed by atoms with van der Waals surface area (Å²) in [6.45, 7) is 4.59. The summed E-state index contributed by atoms with van der Waals surface area (Å²) in [4.78, 5) is 31.6. The van der Waals surface area contributed by atoms with Gasteiger partial charge in [0.2, 0.25) is 5.91 Å². The van der Waals surface area contributed by atoms with Gasteiger partial charge in [-0.2, -0.15) is 0 Å². The summed E-state index contributed by atoms with van der Waals surface area (Å²) < 4.78 is 10.5. The fourth-order valence-corrected chi connectivity index (χ4v) is 3.88. The molecule has 0 saturated carbocycles. The zero-order chi connectivity index (χ0) is 22.9. The Morgan fingerprint density at radius 2 is 1.79 bits per heavy atom. The molecule has 7 heteroatoms. The topological polar surface area (TPSA) is 70.1 Å². The molecule has 1 aliphatic rings. The van der Waals surface area contributed by atoms with Gasteiger partial charge < -0.3 is 18.6 Å². The summed E-state index contributed by atoms with van der Waals surface area (Å²) in [5.74, 6) is 0.568. The first-order valence-corrected chi connectivity index (χ1v) is 11.2. The molecule has 33 heavy (non-hydrogen) atoms. The lowest BCUT2D eigenvalue weighted by Gasteiger charge is -2.34. The predicted octanol–water partition coefficient (Wildman–Crippen LogP) is 3.76. The number of furan rings is 2. The number of carbonyl (C=O) groups is 2. The Balaban J connectivity index is 1.25. The van der Waals surface area contributed by atoms with E-state index in [0.717, 1.165) is 19.6 Å². The molecule has 7 nitrogen and oxygen atoms in total. The van der Waals surface area contributed by atoms with Gasteiger partial charge in [-0.3, -0.25) is 14.5 Å². The quantitative estimate of drug-likeness (QED) is 0.500. The van der Waals surface area contributed by atoms with Crippen molar-refractivity contribution in [1.29, 1.82) is 0 Å². The largest absolute Gasteiger partial charge is 0.472 e. The van der Waals surface area contributed by atoms with E-state index in [1.165, 1.54) is 18.1 Å². The van der Waals surface area contributed by atoms with Crippen molar-refractivity contribution < 1.29 is 18.4 Å². The van der Waals surface area contributed by atoms with Gasteiger partial charge in [0.05, 0.1) is 24.6 Å². The van der Waals surface area contributed by atoms with Crippen LogP contribution in [0.25, 0.3) is 6.08 Å². The fourth-order valence-electron chi connectivity index (χ4n) is 3.88. The highest BCUT2D eigenvalue weighted by Crippen LogP contribution is 2.13. The van der Waals surface area contributed by atoms with Crippen LogP contribution in [0.3, 0.4) is 0 Å². The average Bonchev–Trinajstić information content (AvgIpc) is 3.57. The van der Waals surface area contributed by atoms with E-state index in [1.807, 2.05) is 29.2 Å². The van der Waals surface area contributed by atoms with Gasteiger partial charge in [-0.05, 0) is 23.8 Å². The molecule has 0 spiro atoms. The van der Waals surface area contributed by atoms with Crippen LogP contribution in [0.2, 0.25) is 0 Å². The third-order valence-corrected chi connectivity index (χ3v) is 5.78. The van der Waals surface area contributed by atoms with Crippen molar-refractivity contribution in [2.75, 3.05) is 39.3 Å². The number of hydrogen-bond donors (Lipinski definition) is 0. The van der Waals surface area contributed by atoms with Crippen molar-refractivity contribution in [3.63, 3.8) is 0 Å². The molecule has 0 bridgehead atoms. The molecule has 0 radical (unpaired) electrons. The smallest absolute Gasteiger partial charge is 0.257 e. The summed E-state index contributed by atoms with van der Waals surface area (Å²) in [6.07, 6.45) is 9.04. The molecule has 2 amide bonds. The van der Waals surface area contributed by atoms with Gasteiger partial charge in [0, 0.05) is 45.7 Å². The van der Waals surface area contributed by atoms with E-state index in [1.54, 1.807) is 23.3 Å². The van der Waals surface area contributed by atoms with Crippen molar-refractivity contribution in [1.82, 2.24) is 14.7 Å². The lowest BCUT2D eigenvalue weighted by molar-refractivity contribution is -0.133. The molecule has 3 aromatic rings. The highest BCUT2D eigenvalue weighted by atomic mass is 16.3. The molecule has 1 saturated heterocycles. The van der Waals surface area contributed by atoms with Gasteiger partial charge in [0.15, 0.2) is 0 Å². The first-order valence-electron chi connectivity index (χ1n) is 11.2. The van der Waals surface area contributed by atoms with E-state index in [-0.39, 0.29) is 18.2 Å². The van der Waals surface area contributed by atoms with Crippen LogP contribution in [-0.4, -0.2) is 65.8 Å². The molecule has 0 atom stereocenters. The van der Waals surface area contributed by atoms with Crippen molar-refractivity contribution in [3.8, 4) is 0 Å². The maximum Gasteiger partial charge on any atom is 0.257 e. The molecular weight excluding hydrogens is 418 g/mol. The first kappa shape index (κ1) is 22.6. The van der Waals surface area contributed by atoms with Crippen LogP contribution in [0.5, 0.6) is 0 Å². The Hall–Kier alpha value is -3.58. The van der Waals surface area contributed by atoms with Gasteiger partial charge in [0.25, 0.3) is 5.91 Å². The Kier molecular flexibility index (Phi) is 7.76. The predicted molar refractivity (Wildman–Crippen MR) is 125 cm³/mol. The zero-order valence-corrected chi connectivity index (χ0v) is 18.6. The van der Waals surface area contributed by atoms with Crippen LogP contribution in [-0.2, 0) is 11.3 Å². The molecule has 3 heterocycles. The lowest BCUT2D eigenvalue weighted by atomic mass is 10.2. The molecule has 0 aliphatic carbocycles. The second kappa shape index (κ2) is 11.3. The molecule has 0 N–H and O–H groups in total. The Bertz CT molecular complexity index is 1020. The van der Waals surface area contributed by atoms with Crippen LogP contribution >= 0.6 is 0 Å². The van der Waals surface area contributed by atoms with E-state index < -0.39 is 0 Å². The van der Waals surface area contributed by atoms with Crippen LogP contribution < -0.4 is 0 Å². The maximum atomic E-state index is 12.9. The molecule has 172 valence electrons. The molecule has 1 aliphatic heterocycles. The molecule has 1 aromatic carbocycles. The van der Waals surface area contributed by atoms with Gasteiger partial charge in [0.1, 0.15) is 12.0 Å². The third kappa shape index (κ3) is 6.46. The Morgan fingerprint density at radius 1 is 0.970 bits per heavy atom. The third-order valence-electron chi connectivity index (χ3n) is 5.78. The second-order valence-corrected chi connectivity index (χ2v) is 8.06.